The zero-order chi connectivity index (χ0) is 18.1. The third kappa shape index (κ3) is 3.12. The van der Waals surface area contributed by atoms with E-state index in [4.69, 9.17) is 9.47 Å². The van der Waals surface area contributed by atoms with Crippen LogP contribution in [-0.2, 0) is 11.8 Å². The number of ether oxygens (including phenoxy) is 2. The summed E-state index contributed by atoms with van der Waals surface area (Å²) in [4.78, 5) is 26.9. The maximum Gasteiger partial charge on any atom is 0.270 e. The molecule has 26 heavy (non-hydrogen) atoms. The minimum atomic E-state index is -0.0992. The van der Waals surface area contributed by atoms with Gasteiger partial charge in [-0.05, 0) is 37.1 Å². The number of rotatable bonds is 3. The molecule has 0 unspecified atom stereocenters. The average Bonchev–Trinajstić information content (AvgIpc) is 3.29. The van der Waals surface area contributed by atoms with E-state index in [1.165, 1.54) is 0 Å². The molecular formula is C19H21N3O4. The van der Waals surface area contributed by atoms with Gasteiger partial charge in [0, 0.05) is 44.0 Å². The fraction of sp³-hybridized carbons (Fsp3) is 0.368. The van der Waals surface area contributed by atoms with Crippen molar-refractivity contribution < 1.29 is 19.1 Å². The highest BCUT2D eigenvalue weighted by atomic mass is 16.7. The number of aromatic nitrogens is 1. The third-order valence-corrected chi connectivity index (χ3v) is 4.96. The molecule has 1 fully saturated rings. The Kier molecular flexibility index (Phi) is 4.28. The summed E-state index contributed by atoms with van der Waals surface area (Å²) in [5.41, 5.74) is 1.37. The second-order valence-corrected chi connectivity index (χ2v) is 6.63. The van der Waals surface area contributed by atoms with Gasteiger partial charge in [-0.25, -0.2) is 0 Å². The number of nitrogens with zero attached hydrogens (tertiary/aromatic N) is 2. The van der Waals surface area contributed by atoms with Gasteiger partial charge in [-0.15, -0.1) is 0 Å². The van der Waals surface area contributed by atoms with E-state index in [9.17, 15) is 9.59 Å². The number of hydrogen-bond acceptors (Lipinski definition) is 4. The Morgan fingerprint density at radius 3 is 2.62 bits per heavy atom. The van der Waals surface area contributed by atoms with Gasteiger partial charge in [-0.2, -0.15) is 0 Å². The van der Waals surface area contributed by atoms with Crippen molar-refractivity contribution in [2.24, 2.45) is 13.0 Å². The number of amides is 2. The summed E-state index contributed by atoms with van der Waals surface area (Å²) in [5, 5.41) is 2.94. The smallest absolute Gasteiger partial charge is 0.270 e. The number of fused-ring (bicyclic) bond motifs is 1. The second-order valence-electron chi connectivity index (χ2n) is 6.63. The zero-order valence-electron chi connectivity index (χ0n) is 14.6. The molecule has 2 aliphatic rings. The first kappa shape index (κ1) is 16.5. The molecule has 0 spiro atoms. The summed E-state index contributed by atoms with van der Waals surface area (Å²) in [6, 6.07) is 9.05. The first-order valence-electron chi connectivity index (χ1n) is 8.73. The zero-order valence-corrected chi connectivity index (χ0v) is 14.6. The number of aryl methyl sites for hydroxylation is 1. The van der Waals surface area contributed by atoms with Crippen molar-refractivity contribution in [2.45, 2.75) is 12.8 Å². The molecule has 1 saturated heterocycles. The van der Waals surface area contributed by atoms with E-state index in [1.807, 2.05) is 34.8 Å². The van der Waals surface area contributed by atoms with Gasteiger partial charge in [0.1, 0.15) is 5.69 Å². The first-order valence-corrected chi connectivity index (χ1v) is 8.73. The Hall–Kier alpha value is -2.96. The molecule has 2 aliphatic heterocycles. The lowest BCUT2D eigenvalue weighted by atomic mass is 9.95. The lowest BCUT2D eigenvalue weighted by molar-refractivity contribution is -0.121. The molecule has 2 amide bonds. The van der Waals surface area contributed by atoms with Gasteiger partial charge in [0.15, 0.2) is 11.5 Å². The van der Waals surface area contributed by atoms with Gasteiger partial charge >= 0.3 is 0 Å². The van der Waals surface area contributed by atoms with Gasteiger partial charge in [0.05, 0.1) is 0 Å². The number of benzene rings is 1. The predicted molar refractivity (Wildman–Crippen MR) is 95.2 cm³/mol. The molecule has 0 bridgehead atoms. The largest absolute Gasteiger partial charge is 0.454 e. The third-order valence-electron chi connectivity index (χ3n) is 4.96. The molecule has 1 aromatic carbocycles. The van der Waals surface area contributed by atoms with Gasteiger partial charge in [0.2, 0.25) is 12.7 Å². The second kappa shape index (κ2) is 6.74. The van der Waals surface area contributed by atoms with Crippen molar-refractivity contribution in [1.82, 2.24) is 9.47 Å². The molecule has 136 valence electrons. The minimum Gasteiger partial charge on any atom is -0.454 e. The monoisotopic (exact) mass is 355 g/mol. The van der Waals surface area contributed by atoms with Crippen LogP contribution in [0.3, 0.4) is 0 Å². The molecule has 0 saturated carbocycles. The van der Waals surface area contributed by atoms with Crippen LogP contribution in [-0.4, -0.2) is 41.2 Å². The minimum absolute atomic E-state index is 0.0187. The molecule has 3 heterocycles. The van der Waals surface area contributed by atoms with E-state index < -0.39 is 0 Å². The Morgan fingerprint density at radius 1 is 1.12 bits per heavy atom. The molecule has 0 aliphatic carbocycles. The molecular weight excluding hydrogens is 334 g/mol. The van der Waals surface area contributed by atoms with E-state index >= 15 is 0 Å². The van der Waals surface area contributed by atoms with Gasteiger partial charge in [-0.3, -0.25) is 9.59 Å². The number of piperidine rings is 1. The number of carbonyl (C=O) groups is 2. The van der Waals surface area contributed by atoms with Crippen LogP contribution < -0.4 is 14.8 Å². The Bertz CT molecular complexity index is 837. The lowest BCUT2D eigenvalue weighted by Gasteiger charge is -2.31. The van der Waals surface area contributed by atoms with Crippen LogP contribution in [0, 0.1) is 5.92 Å². The van der Waals surface area contributed by atoms with Crippen molar-refractivity contribution in [2.75, 3.05) is 25.2 Å². The van der Waals surface area contributed by atoms with E-state index in [0.717, 1.165) is 0 Å². The average molecular weight is 355 g/mol. The van der Waals surface area contributed by atoms with Gasteiger partial charge in [-0.1, -0.05) is 0 Å². The fourth-order valence-corrected chi connectivity index (χ4v) is 3.41. The van der Waals surface area contributed by atoms with Crippen molar-refractivity contribution in [3.63, 3.8) is 0 Å². The maximum absolute atomic E-state index is 12.5. The number of anilines is 1. The number of carbonyl (C=O) groups excluding carboxylic acids is 2. The van der Waals surface area contributed by atoms with Crippen molar-refractivity contribution in [3.8, 4) is 11.5 Å². The summed E-state index contributed by atoms with van der Waals surface area (Å²) >= 11 is 0. The lowest BCUT2D eigenvalue weighted by Crippen LogP contribution is -2.42. The fourth-order valence-electron chi connectivity index (χ4n) is 3.41. The van der Waals surface area contributed by atoms with Crippen LogP contribution in [0.1, 0.15) is 23.3 Å². The molecule has 1 aromatic heterocycles. The van der Waals surface area contributed by atoms with Gasteiger partial charge < -0.3 is 24.3 Å². The standard InChI is InChI=1S/C19H21N3O4/c1-21-8-2-3-15(21)19(24)22-9-6-13(7-10-22)18(23)20-14-4-5-16-17(11-14)26-12-25-16/h2-5,8,11,13H,6-7,9-10,12H2,1H3,(H,20,23). The van der Waals surface area contributed by atoms with Crippen LogP contribution >= 0.6 is 0 Å². The van der Waals surface area contributed by atoms with Crippen molar-refractivity contribution in [1.29, 1.82) is 0 Å². The summed E-state index contributed by atoms with van der Waals surface area (Å²) in [6.07, 6.45) is 3.18. The molecule has 0 radical (unpaired) electrons. The van der Waals surface area contributed by atoms with Crippen molar-refractivity contribution >= 4 is 17.5 Å². The highest BCUT2D eigenvalue weighted by Crippen LogP contribution is 2.34. The SMILES string of the molecule is Cn1cccc1C(=O)N1CCC(C(=O)Nc2ccc3c(c2)OCO3)CC1. The van der Waals surface area contributed by atoms with Crippen LogP contribution in [0.25, 0.3) is 0 Å². The Balaban J connectivity index is 1.33. The quantitative estimate of drug-likeness (QED) is 0.917. The molecule has 2 aromatic rings. The first-order chi connectivity index (χ1) is 12.6. The number of hydrogen-bond donors (Lipinski definition) is 1. The molecule has 0 atom stereocenters. The van der Waals surface area contributed by atoms with E-state index in [2.05, 4.69) is 5.32 Å². The Labute approximate surface area is 151 Å². The van der Waals surface area contributed by atoms with E-state index in [-0.39, 0.29) is 24.5 Å². The molecule has 7 nitrogen and oxygen atoms in total. The summed E-state index contributed by atoms with van der Waals surface area (Å²) < 4.78 is 12.4. The summed E-state index contributed by atoms with van der Waals surface area (Å²) in [7, 11) is 1.86. The van der Waals surface area contributed by atoms with Crippen molar-refractivity contribution in [3.05, 3.63) is 42.2 Å². The molecule has 4 rings (SSSR count). The summed E-state index contributed by atoms with van der Waals surface area (Å²) in [6.45, 7) is 1.38. The van der Waals surface area contributed by atoms with E-state index in [1.54, 1.807) is 18.2 Å². The van der Waals surface area contributed by atoms with Crippen LogP contribution in [0.4, 0.5) is 5.69 Å². The summed E-state index contributed by atoms with van der Waals surface area (Å²) in [5.74, 6) is 1.24. The maximum atomic E-state index is 12.5. The molecule has 7 heteroatoms. The topological polar surface area (TPSA) is 72.8 Å². The van der Waals surface area contributed by atoms with Crippen LogP contribution in [0.15, 0.2) is 36.5 Å². The number of nitrogens with one attached hydrogen (secondary N) is 1. The van der Waals surface area contributed by atoms with Crippen LogP contribution in [0.5, 0.6) is 11.5 Å². The molecule has 1 N–H and O–H groups in total. The highest BCUT2D eigenvalue weighted by Gasteiger charge is 2.28. The number of likely N-dealkylation sites (tertiary alicyclic amines) is 1. The Morgan fingerprint density at radius 2 is 1.88 bits per heavy atom. The highest BCUT2D eigenvalue weighted by molar-refractivity contribution is 5.94. The van der Waals surface area contributed by atoms with Gasteiger partial charge in [0.25, 0.3) is 5.91 Å². The van der Waals surface area contributed by atoms with E-state index in [0.29, 0.717) is 48.8 Å². The normalized spacial score (nSPS) is 16.6. The van der Waals surface area contributed by atoms with Crippen LogP contribution in [0.2, 0.25) is 0 Å². The predicted octanol–water partition coefficient (Wildman–Crippen LogP) is 2.24.